The molecule has 6 heteroatoms. The minimum atomic E-state index is -0.0918. The first-order valence-electron chi connectivity index (χ1n) is 9.28. The van der Waals surface area contributed by atoms with Gasteiger partial charge < -0.3 is 15.0 Å². The van der Waals surface area contributed by atoms with Crippen molar-refractivity contribution in [3.63, 3.8) is 0 Å². The molecule has 134 valence electrons. The van der Waals surface area contributed by atoms with Crippen molar-refractivity contribution in [2.45, 2.75) is 44.2 Å². The van der Waals surface area contributed by atoms with Crippen LogP contribution >= 0.6 is 0 Å². The third-order valence-electron chi connectivity index (χ3n) is 5.57. The highest BCUT2D eigenvalue weighted by Crippen LogP contribution is 2.31. The van der Waals surface area contributed by atoms with Gasteiger partial charge in [0.25, 0.3) is 5.91 Å². The van der Waals surface area contributed by atoms with Crippen LogP contribution < -0.4 is 15.0 Å². The molecule has 0 aliphatic carbocycles. The van der Waals surface area contributed by atoms with E-state index in [0.29, 0.717) is 24.8 Å². The lowest BCUT2D eigenvalue weighted by Crippen LogP contribution is -2.47. The molecule has 3 heterocycles. The summed E-state index contributed by atoms with van der Waals surface area (Å²) in [5, 5.41) is 3.21. The summed E-state index contributed by atoms with van der Waals surface area (Å²) in [7, 11) is 0. The van der Waals surface area contributed by atoms with Gasteiger partial charge in [0.15, 0.2) is 6.61 Å². The van der Waals surface area contributed by atoms with E-state index in [1.807, 2.05) is 24.3 Å². The maximum absolute atomic E-state index is 12.4. The highest BCUT2D eigenvalue weighted by molar-refractivity contribution is 5.98. The number of nitrogens with one attached hydrogen (secondary N) is 1. The molecule has 2 amide bonds. The van der Waals surface area contributed by atoms with Crippen molar-refractivity contribution in [1.82, 2.24) is 10.2 Å². The first-order valence-corrected chi connectivity index (χ1v) is 9.28. The molecule has 1 aromatic carbocycles. The summed E-state index contributed by atoms with van der Waals surface area (Å²) in [6, 6.07) is 8.25. The quantitative estimate of drug-likeness (QED) is 0.901. The van der Waals surface area contributed by atoms with Crippen molar-refractivity contribution in [3.8, 4) is 5.75 Å². The SMILES string of the molecule is O=C(CCN1C(=O)COc2ccccc21)N[C@@H]1CCN2CCCC[C@@H]12. The summed E-state index contributed by atoms with van der Waals surface area (Å²) in [6.45, 7) is 2.69. The van der Waals surface area contributed by atoms with Crippen LogP contribution in [0, 0.1) is 0 Å². The minimum Gasteiger partial charge on any atom is -0.482 e. The van der Waals surface area contributed by atoms with Gasteiger partial charge in [0, 0.05) is 31.6 Å². The molecule has 2 fully saturated rings. The second kappa shape index (κ2) is 7.04. The highest BCUT2D eigenvalue weighted by atomic mass is 16.5. The van der Waals surface area contributed by atoms with E-state index in [9.17, 15) is 9.59 Å². The molecule has 1 N–H and O–H groups in total. The average molecular weight is 343 g/mol. The average Bonchev–Trinajstić information content (AvgIpc) is 3.04. The number of carbonyl (C=O) groups is 2. The Bertz CT molecular complexity index is 663. The third-order valence-corrected chi connectivity index (χ3v) is 5.57. The number of rotatable bonds is 4. The summed E-state index contributed by atoms with van der Waals surface area (Å²) in [5.41, 5.74) is 0.755. The van der Waals surface area contributed by atoms with E-state index in [1.54, 1.807) is 4.90 Å². The Labute approximate surface area is 148 Å². The summed E-state index contributed by atoms with van der Waals surface area (Å²) >= 11 is 0. The largest absolute Gasteiger partial charge is 0.482 e. The lowest BCUT2D eigenvalue weighted by molar-refractivity contribution is -0.122. The minimum absolute atomic E-state index is 0.0363. The molecular weight excluding hydrogens is 318 g/mol. The number of nitrogens with zero attached hydrogens (tertiary/aromatic N) is 2. The molecular formula is C19H25N3O3. The number of hydrogen-bond acceptors (Lipinski definition) is 4. The monoisotopic (exact) mass is 343 g/mol. The van der Waals surface area contributed by atoms with E-state index in [0.717, 1.165) is 25.2 Å². The normalized spacial score (nSPS) is 25.9. The third kappa shape index (κ3) is 3.35. The van der Waals surface area contributed by atoms with Crippen LogP contribution in [0.4, 0.5) is 5.69 Å². The molecule has 0 spiro atoms. The number of piperidine rings is 1. The van der Waals surface area contributed by atoms with E-state index in [2.05, 4.69) is 10.2 Å². The molecule has 3 aliphatic rings. The smallest absolute Gasteiger partial charge is 0.265 e. The van der Waals surface area contributed by atoms with Crippen molar-refractivity contribution in [1.29, 1.82) is 0 Å². The predicted molar refractivity (Wildman–Crippen MR) is 94.7 cm³/mol. The maximum atomic E-state index is 12.4. The number of benzene rings is 1. The van der Waals surface area contributed by atoms with Gasteiger partial charge in [0.1, 0.15) is 5.75 Å². The summed E-state index contributed by atoms with van der Waals surface area (Å²) in [5.74, 6) is 0.649. The number of anilines is 1. The van der Waals surface area contributed by atoms with E-state index in [4.69, 9.17) is 4.74 Å². The van der Waals surface area contributed by atoms with E-state index in [-0.39, 0.29) is 24.5 Å². The van der Waals surface area contributed by atoms with Crippen LogP contribution in [-0.4, -0.2) is 55.0 Å². The van der Waals surface area contributed by atoms with Crippen LogP contribution in [0.1, 0.15) is 32.1 Å². The molecule has 2 atom stereocenters. The van der Waals surface area contributed by atoms with Gasteiger partial charge in [0.2, 0.25) is 5.91 Å². The molecule has 1 aromatic rings. The number of para-hydroxylation sites is 2. The topological polar surface area (TPSA) is 61.9 Å². The van der Waals surface area contributed by atoms with Crippen molar-refractivity contribution in [2.24, 2.45) is 0 Å². The van der Waals surface area contributed by atoms with E-state index >= 15 is 0 Å². The molecule has 6 nitrogen and oxygen atoms in total. The molecule has 0 radical (unpaired) electrons. The van der Waals surface area contributed by atoms with Gasteiger partial charge in [-0.3, -0.25) is 14.5 Å². The van der Waals surface area contributed by atoms with E-state index < -0.39 is 0 Å². The summed E-state index contributed by atoms with van der Waals surface area (Å²) in [6.07, 6.45) is 5.07. The molecule has 4 rings (SSSR count). The number of amides is 2. The number of hydrogen-bond donors (Lipinski definition) is 1. The maximum Gasteiger partial charge on any atom is 0.265 e. The summed E-state index contributed by atoms with van der Waals surface area (Å²) in [4.78, 5) is 28.8. The Morgan fingerprint density at radius 3 is 3.00 bits per heavy atom. The fourth-order valence-corrected chi connectivity index (χ4v) is 4.31. The van der Waals surface area contributed by atoms with Gasteiger partial charge in [-0.15, -0.1) is 0 Å². The second-order valence-corrected chi connectivity index (χ2v) is 7.11. The van der Waals surface area contributed by atoms with Crippen LogP contribution in [0.2, 0.25) is 0 Å². The van der Waals surface area contributed by atoms with Crippen LogP contribution in [0.5, 0.6) is 5.75 Å². The number of fused-ring (bicyclic) bond motifs is 2. The van der Waals surface area contributed by atoms with Gasteiger partial charge in [-0.2, -0.15) is 0 Å². The van der Waals surface area contributed by atoms with Gasteiger partial charge in [0.05, 0.1) is 5.69 Å². The van der Waals surface area contributed by atoms with Crippen LogP contribution in [0.3, 0.4) is 0 Å². The van der Waals surface area contributed by atoms with Gasteiger partial charge in [-0.1, -0.05) is 18.6 Å². The lowest BCUT2D eigenvalue weighted by atomic mass is 9.99. The Morgan fingerprint density at radius 1 is 1.20 bits per heavy atom. The lowest BCUT2D eigenvalue weighted by Gasteiger charge is -2.33. The zero-order valence-electron chi connectivity index (χ0n) is 14.4. The van der Waals surface area contributed by atoms with E-state index in [1.165, 1.54) is 19.3 Å². The van der Waals surface area contributed by atoms with Gasteiger partial charge in [-0.25, -0.2) is 0 Å². The number of carbonyl (C=O) groups excluding carboxylic acids is 2. The molecule has 0 bridgehead atoms. The predicted octanol–water partition coefficient (Wildman–Crippen LogP) is 1.55. The van der Waals surface area contributed by atoms with Crippen LogP contribution in [-0.2, 0) is 9.59 Å². The Balaban J connectivity index is 1.34. The fourth-order valence-electron chi connectivity index (χ4n) is 4.31. The second-order valence-electron chi connectivity index (χ2n) is 7.11. The molecule has 25 heavy (non-hydrogen) atoms. The molecule has 3 aliphatic heterocycles. The van der Waals surface area contributed by atoms with Crippen molar-refractivity contribution in [2.75, 3.05) is 31.1 Å². The first kappa shape index (κ1) is 16.4. The Kier molecular flexibility index (Phi) is 4.61. The summed E-state index contributed by atoms with van der Waals surface area (Å²) < 4.78 is 5.44. The van der Waals surface area contributed by atoms with Crippen LogP contribution in [0.25, 0.3) is 0 Å². The van der Waals surface area contributed by atoms with Gasteiger partial charge >= 0.3 is 0 Å². The van der Waals surface area contributed by atoms with Crippen LogP contribution in [0.15, 0.2) is 24.3 Å². The highest BCUT2D eigenvalue weighted by Gasteiger charge is 2.36. The van der Waals surface area contributed by atoms with Crippen molar-refractivity contribution in [3.05, 3.63) is 24.3 Å². The molecule has 2 saturated heterocycles. The zero-order valence-corrected chi connectivity index (χ0v) is 14.4. The van der Waals surface area contributed by atoms with Gasteiger partial charge in [-0.05, 0) is 37.9 Å². The molecule has 0 saturated carbocycles. The standard InChI is InChI=1S/C19H25N3O3/c23-18(20-14-8-11-21-10-4-3-5-15(14)21)9-12-22-16-6-1-2-7-17(16)25-13-19(22)24/h1-2,6-7,14-15H,3-5,8-13H2,(H,20,23)/t14-,15+/m1/s1. The van der Waals surface area contributed by atoms with Crippen molar-refractivity contribution >= 4 is 17.5 Å². The molecule has 0 aromatic heterocycles. The molecule has 0 unspecified atom stereocenters. The Morgan fingerprint density at radius 2 is 2.08 bits per heavy atom. The van der Waals surface area contributed by atoms with Crippen molar-refractivity contribution < 1.29 is 14.3 Å². The first-order chi connectivity index (χ1) is 12.2. The Hall–Kier alpha value is -2.08. The zero-order chi connectivity index (χ0) is 17.2. The number of ether oxygens (including phenoxy) is 1. The fraction of sp³-hybridized carbons (Fsp3) is 0.579.